The van der Waals surface area contributed by atoms with E-state index in [1.54, 1.807) is 0 Å². The summed E-state index contributed by atoms with van der Waals surface area (Å²) in [5.74, 6) is -0.949. The number of halogens is 3. The summed E-state index contributed by atoms with van der Waals surface area (Å²) >= 11 is 5.63. The number of benzene rings is 1. The summed E-state index contributed by atoms with van der Waals surface area (Å²) in [6, 6.07) is 4.20. The molecule has 0 bridgehead atoms. The lowest BCUT2D eigenvalue weighted by Crippen LogP contribution is -2.42. The first-order valence-corrected chi connectivity index (χ1v) is 6.01. The fraction of sp³-hybridized carbons (Fsp3) is 0.417. The van der Waals surface area contributed by atoms with Crippen molar-refractivity contribution in [2.75, 3.05) is 13.1 Å². The van der Waals surface area contributed by atoms with Gasteiger partial charge in [-0.3, -0.25) is 4.79 Å². The first-order chi connectivity index (χ1) is 8.16. The molecule has 18 heavy (non-hydrogen) atoms. The molecule has 0 unspecified atom stereocenters. The highest BCUT2D eigenvalue weighted by Crippen LogP contribution is 2.15. The van der Waals surface area contributed by atoms with Crippen molar-refractivity contribution in [1.29, 1.82) is 0 Å². The largest absolute Gasteiger partial charge is 0.349 e. The minimum atomic E-state index is -0.580. The van der Waals surface area contributed by atoms with E-state index in [0.29, 0.717) is 5.02 Å². The second-order valence-corrected chi connectivity index (χ2v) is 4.56. The Hall–Kier alpha value is -0.840. The molecule has 3 nitrogen and oxygen atoms in total. The Balaban J connectivity index is 0.00000162. The van der Waals surface area contributed by atoms with Gasteiger partial charge in [0.05, 0.1) is 5.56 Å². The topological polar surface area (TPSA) is 41.1 Å². The van der Waals surface area contributed by atoms with Gasteiger partial charge in [-0.15, -0.1) is 12.4 Å². The second kappa shape index (κ2) is 6.92. The van der Waals surface area contributed by atoms with Crippen LogP contribution in [0.2, 0.25) is 5.02 Å². The molecule has 1 saturated heterocycles. The molecule has 2 N–H and O–H groups in total. The number of carbonyl (C=O) groups excluding carboxylic acids is 1. The molecular weight excluding hydrogens is 278 g/mol. The molecule has 1 aliphatic rings. The SMILES string of the molecule is Cl.O=C(NC1CCNCC1)c1ccc(Cl)cc1F. The lowest BCUT2D eigenvalue weighted by molar-refractivity contribution is 0.0925. The molecule has 0 atom stereocenters. The molecule has 6 heteroatoms. The van der Waals surface area contributed by atoms with Gasteiger partial charge in [0.15, 0.2) is 0 Å². The van der Waals surface area contributed by atoms with Crippen LogP contribution in [0.15, 0.2) is 18.2 Å². The van der Waals surface area contributed by atoms with Gasteiger partial charge in [-0.2, -0.15) is 0 Å². The number of piperidine rings is 1. The summed E-state index contributed by atoms with van der Waals surface area (Å²) in [5, 5.41) is 6.33. The van der Waals surface area contributed by atoms with Crippen LogP contribution >= 0.6 is 24.0 Å². The van der Waals surface area contributed by atoms with E-state index in [2.05, 4.69) is 10.6 Å². The van der Waals surface area contributed by atoms with Gasteiger partial charge in [0.1, 0.15) is 5.82 Å². The molecule has 1 amide bonds. The van der Waals surface area contributed by atoms with Crippen molar-refractivity contribution in [3.8, 4) is 0 Å². The predicted molar refractivity (Wildman–Crippen MR) is 72.0 cm³/mol. The van der Waals surface area contributed by atoms with Gasteiger partial charge in [-0.25, -0.2) is 4.39 Å². The molecule has 1 aliphatic heterocycles. The van der Waals surface area contributed by atoms with Crippen LogP contribution in [0.5, 0.6) is 0 Å². The average Bonchev–Trinajstić information content (AvgIpc) is 2.30. The summed E-state index contributed by atoms with van der Waals surface area (Å²) in [6.07, 6.45) is 1.75. The zero-order valence-corrected chi connectivity index (χ0v) is 11.3. The number of carbonyl (C=O) groups is 1. The first kappa shape index (κ1) is 15.2. The Labute approximate surface area is 116 Å². The minimum absolute atomic E-state index is 0. The Morgan fingerprint density at radius 3 is 2.67 bits per heavy atom. The summed E-state index contributed by atoms with van der Waals surface area (Å²) in [4.78, 5) is 11.8. The molecule has 0 aromatic heterocycles. The molecule has 100 valence electrons. The molecule has 1 aromatic rings. The summed E-state index contributed by atoms with van der Waals surface area (Å²) in [5.41, 5.74) is 0.0490. The highest BCUT2D eigenvalue weighted by atomic mass is 35.5. The highest BCUT2D eigenvalue weighted by molar-refractivity contribution is 6.30. The Morgan fingerprint density at radius 1 is 1.39 bits per heavy atom. The molecule has 1 aromatic carbocycles. The highest BCUT2D eigenvalue weighted by Gasteiger charge is 2.18. The standard InChI is InChI=1S/C12H14ClFN2O.ClH/c13-8-1-2-10(11(14)7-8)12(17)16-9-3-5-15-6-4-9;/h1-2,7,9,15H,3-6H2,(H,16,17);1H. The maximum Gasteiger partial charge on any atom is 0.254 e. The van der Waals surface area contributed by atoms with Gasteiger partial charge < -0.3 is 10.6 Å². The summed E-state index contributed by atoms with van der Waals surface area (Å²) < 4.78 is 13.5. The van der Waals surface area contributed by atoms with Gasteiger partial charge in [0, 0.05) is 11.1 Å². The number of hydrogen-bond acceptors (Lipinski definition) is 2. The Morgan fingerprint density at radius 2 is 2.06 bits per heavy atom. The van der Waals surface area contributed by atoms with E-state index >= 15 is 0 Å². The van der Waals surface area contributed by atoms with Crippen LogP contribution in [0.3, 0.4) is 0 Å². The minimum Gasteiger partial charge on any atom is -0.349 e. The number of nitrogens with one attached hydrogen (secondary N) is 2. The van der Waals surface area contributed by atoms with Crippen LogP contribution < -0.4 is 10.6 Å². The molecule has 0 radical (unpaired) electrons. The van der Waals surface area contributed by atoms with Crippen molar-refractivity contribution in [3.63, 3.8) is 0 Å². The van der Waals surface area contributed by atoms with Gasteiger partial charge in [-0.1, -0.05) is 11.6 Å². The lowest BCUT2D eigenvalue weighted by atomic mass is 10.1. The average molecular weight is 293 g/mol. The van der Waals surface area contributed by atoms with E-state index in [4.69, 9.17) is 11.6 Å². The van der Waals surface area contributed by atoms with E-state index in [1.807, 2.05) is 0 Å². The van der Waals surface area contributed by atoms with Crippen LogP contribution in [0, 0.1) is 5.82 Å². The quantitative estimate of drug-likeness (QED) is 0.879. The first-order valence-electron chi connectivity index (χ1n) is 5.63. The van der Waals surface area contributed by atoms with Crippen LogP contribution in [0.4, 0.5) is 4.39 Å². The van der Waals surface area contributed by atoms with E-state index in [1.165, 1.54) is 12.1 Å². The molecule has 0 saturated carbocycles. The molecule has 1 heterocycles. The third-order valence-corrected chi connectivity index (χ3v) is 3.09. The van der Waals surface area contributed by atoms with Crippen molar-refractivity contribution in [3.05, 3.63) is 34.6 Å². The van der Waals surface area contributed by atoms with Crippen molar-refractivity contribution >= 4 is 29.9 Å². The van der Waals surface area contributed by atoms with E-state index < -0.39 is 5.82 Å². The second-order valence-electron chi connectivity index (χ2n) is 4.12. The maximum absolute atomic E-state index is 13.5. The summed E-state index contributed by atoms with van der Waals surface area (Å²) in [6.45, 7) is 1.77. The summed E-state index contributed by atoms with van der Waals surface area (Å²) in [7, 11) is 0. The van der Waals surface area contributed by atoms with Crippen molar-refractivity contribution in [1.82, 2.24) is 10.6 Å². The lowest BCUT2D eigenvalue weighted by Gasteiger charge is -2.23. The fourth-order valence-corrected chi connectivity index (χ4v) is 2.06. The third kappa shape index (κ3) is 3.83. The Bertz CT molecular complexity index is 423. The van der Waals surface area contributed by atoms with Crippen molar-refractivity contribution in [2.45, 2.75) is 18.9 Å². The fourth-order valence-electron chi connectivity index (χ4n) is 1.90. The monoisotopic (exact) mass is 292 g/mol. The molecule has 0 aliphatic carbocycles. The van der Waals surface area contributed by atoms with Gasteiger partial charge in [0.2, 0.25) is 0 Å². The van der Waals surface area contributed by atoms with Gasteiger partial charge in [-0.05, 0) is 44.1 Å². The van der Waals surface area contributed by atoms with Crippen LogP contribution in [-0.2, 0) is 0 Å². The maximum atomic E-state index is 13.5. The van der Waals surface area contributed by atoms with Gasteiger partial charge in [0.25, 0.3) is 5.91 Å². The van der Waals surface area contributed by atoms with E-state index in [-0.39, 0.29) is 29.9 Å². The van der Waals surface area contributed by atoms with Crippen molar-refractivity contribution in [2.24, 2.45) is 0 Å². The number of hydrogen-bond donors (Lipinski definition) is 2. The van der Waals surface area contributed by atoms with E-state index in [0.717, 1.165) is 32.0 Å². The Kier molecular flexibility index (Phi) is 5.85. The smallest absolute Gasteiger partial charge is 0.254 e. The van der Waals surface area contributed by atoms with Crippen molar-refractivity contribution < 1.29 is 9.18 Å². The molecular formula is C12H15Cl2FN2O. The molecule has 0 spiro atoms. The van der Waals surface area contributed by atoms with Crippen LogP contribution in [0.25, 0.3) is 0 Å². The zero-order chi connectivity index (χ0) is 12.3. The normalized spacial score (nSPS) is 15.9. The molecule has 2 rings (SSSR count). The number of rotatable bonds is 2. The zero-order valence-electron chi connectivity index (χ0n) is 9.71. The van der Waals surface area contributed by atoms with Crippen LogP contribution in [-0.4, -0.2) is 25.0 Å². The predicted octanol–water partition coefficient (Wildman–Crippen LogP) is 2.38. The third-order valence-electron chi connectivity index (χ3n) is 2.85. The van der Waals surface area contributed by atoms with Crippen LogP contribution in [0.1, 0.15) is 23.2 Å². The van der Waals surface area contributed by atoms with Gasteiger partial charge >= 0.3 is 0 Å². The molecule has 1 fully saturated rings. The number of amides is 1. The van der Waals surface area contributed by atoms with E-state index in [9.17, 15) is 9.18 Å².